The fraction of sp³-hybridized carbons (Fsp3) is 0.357. The van der Waals surface area contributed by atoms with Crippen LogP contribution in [0, 0.1) is 20.8 Å². The summed E-state index contributed by atoms with van der Waals surface area (Å²) in [5, 5.41) is 4.04. The van der Waals surface area contributed by atoms with E-state index in [0.717, 1.165) is 16.7 Å². The molecule has 1 aromatic carbocycles. The summed E-state index contributed by atoms with van der Waals surface area (Å²) in [7, 11) is -3.48. The van der Waals surface area contributed by atoms with Gasteiger partial charge in [0.25, 0.3) is 0 Å². The number of nitrogens with one attached hydrogen (secondary N) is 1. The highest BCUT2D eigenvalue weighted by molar-refractivity contribution is 7.89. The highest BCUT2D eigenvalue weighted by atomic mass is 32.2. The highest BCUT2D eigenvalue weighted by Crippen LogP contribution is 2.21. The molecule has 0 unspecified atom stereocenters. The Labute approximate surface area is 119 Å². The molecular weight excluding hydrogens is 274 g/mol. The molecule has 0 atom stereocenters. The average Bonchev–Trinajstić information content (AvgIpc) is 2.79. The average molecular weight is 293 g/mol. The fourth-order valence-electron chi connectivity index (χ4n) is 2.39. The maximum atomic E-state index is 12.4. The third kappa shape index (κ3) is 3.26. The van der Waals surface area contributed by atoms with E-state index in [-0.39, 0.29) is 0 Å². The topological polar surface area (TPSA) is 64.0 Å². The van der Waals surface area contributed by atoms with Crippen LogP contribution in [0.3, 0.4) is 0 Å². The number of benzene rings is 1. The number of hydrogen-bond donors (Lipinski definition) is 1. The normalized spacial score (nSPS) is 11.8. The predicted octanol–water partition coefficient (Wildman–Crippen LogP) is 1.79. The molecule has 6 heteroatoms. The van der Waals surface area contributed by atoms with E-state index in [2.05, 4.69) is 9.82 Å². The van der Waals surface area contributed by atoms with Crippen LogP contribution < -0.4 is 4.72 Å². The number of rotatable bonds is 5. The molecule has 0 saturated carbocycles. The molecule has 2 rings (SSSR count). The largest absolute Gasteiger partial charge is 0.271 e. The molecule has 0 aliphatic rings. The molecule has 0 radical (unpaired) electrons. The maximum absolute atomic E-state index is 12.4. The van der Waals surface area contributed by atoms with Crippen LogP contribution in [0.25, 0.3) is 0 Å². The van der Waals surface area contributed by atoms with Gasteiger partial charge in [0.1, 0.15) is 0 Å². The lowest BCUT2D eigenvalue weighted by Gasteiger charge is -2.13. The zero-order valence-corrected chi connectivity index (χ0v) is 12.7. The van der Waals surface area contributed by atoms with E-state index in [9.17, 15) is 8.42 Å². The van der Waals surface area contributed by atoms with Crippen molar-refractivity contribution in [3.8, 4) is 0 Å². The third-order valence-electron chi connectivity index (χ3n) is 3.07. The second-order valence-corrected chi connectivity index (χ2v) is 6.60. The standard InChI is InChI=1S/C14H19N3O2S/c1-11-9-12(2)14(13(3)10-11)20(18,19)16-6-8-17-7-4-5-15-17/h4-5,7,9-10,16H,6,8H2,1-3H3. The summed E-state index contributed by atoms with van der Waals surface area (Å²) in [6.45, 7) is 6.43. The van der Waals surface area contributed by atoms with E-state index in [1.54, 1.807) is 17.1 Å². The number of nitrogens with zero attached hydrogens (tertiary/aromatic N) is 2. The monoisotopic (exact) mass is 293 g/mol. The van der Waals surface area contributed by atoms with E-state index in [1.165, 1.54) is 0 Å². The summed E-state index contributed by atoms with van der Waals surface area (Å²) in [4.78, 5) is 0.378. The van der Waals surface area contributed by atoms with Crippen molar-refractivity contribution in [1.82, 2.24) is 14.5 Å². The lowest BCUT2D eigenvalue weighted by atomic mass is 10.1. The van der Waals surface area contributed by atoms with Gasteiger partial charge < -0.3 is 0 Å². The number of hydrogen-bond acceptors (Lipinski definition) is 3. The number of aromatic nitrogens is 2. The van der Waals surface area contributed by atoms with Crippen molar-refractivity contribution in [2.45, 2.75) is 32.2 Å². The Hall–Kier alpha value is -1.66. The van der Waals surface area contributed by atoms with Crippen molar-refractivity contribution >= 4 is 10.0 Å². The van der Waals surface area contributed by atoms with Gasteiger partial charge in [0.2, 0.25) is 10.0 Å². The van der Waals surface area contributed by atoms with Crippen molar-refractivity contribution in [1.29, 1.82) is 0 Å². The molecular formula is C14H19N3O2S. The molecule has 20 heavy (non-hydrogen) atoms. The van der Waals surface area contributed by atoms with E-state index < -0.39 is 10.0 Å². The molecule has 0 aliphatic heterocycles. The van der Waals surface area contributed by atoms with Gasteiger partial charge in [-0.05, 0) is 38.0 Å². The summed E-state index contributed by atoms with van der Waals surface area (Å²) < 4.78 is 29.1. The van der Waals surface area contributed by atoms with Crippen LogP contribution in [0.5, 0.6) is 0 Å². The molecule has 0 aliphatic carbocycles. The van der Waals surface area contributed by atoms with Crippen molar-refractivity contribution in [3.05, 3.63) is 47.3 Å². The first-order chi connectivity index (χ1) is 9.40. The Bertz CT molecular complexity index is 668. The van der Waals surface area contributed by atoms with Crippen LogP contribution in [0.15, 0.2) is 35.5 Å². The smallest absolute Gasteiger partial charge is 0.241 e. The molecule has 0 amide bonds. The first-order valence-electron chi connectivity index (χ1n) is 6.45. The van der Waals surface area contributed by atoms with Crippen LogP contribution >= 0.6 is 0 Å². The van der Waals surface area contributed by atoms with Gasteiger partial charge in [0, 0.05) is 18.9 Å². The summed E-state index contributed by atoms with van der Waals surface area (Å²) in [5.41, 5.74) is 2.61. The minimum atomic E-state index is -3.48. The van der Waals surface area contributed by atoms with Gasteiger partial charge in [-0.2, -0.15) is 5.10 Å². The second-order valence-electron chi connectivity index (χ2n) is 4.89. The molecule has 1 aromatic heterocycles. The van der Waals surface area contributed by atoms with Gasteiger partial charge in [-0.15, -0.1) is 0 Å². The Morgan fingerprint density at radius 2 is 1.85 bits per heavy atom. The van der Waals surface area contributed by atoms with E-state index in [0.29, 0.717) is 18.0 Å². The molecule has 1 heterocycles. The molecule has 0 saturated heterocycles. The Morgan fingerprint density at radius 1 is 1.20 bits per heavy atom. The first kappa shape index (κ1) is 14.7. The summed E-state index contributed by atoms with van der Waals surface area (Å²) in [6, 6.07) is 5.58. The molecule has 108 valence electrons. The van der Waals surface area contributed by atoms with Gasteiger partial charge >= 0.3 is 0 Å². The van der Waals surface area contributed by atoms with Crippen LogP contribution in [0.1, 0.15) is 16.7 Å². The summed E-state index contributed by atoms with van der Waals surface area (Å²) >= 11 is 0. The van der Waals surface area contributed by atoms with Crippen molar-refractivity contribution in [2.24, 2.45) is 0 Å². The van der Waals surface area contributed by atoms with Crippen LogP contribution in [-0.4, -0.2) is 24.7 Å². The van der Waals surface area contributed by atoms with Crippen LogP contribution in [0.2, 0.25) is 0 Å². The zero-order valence-electron chi connectivity index (χ0n) is 11.9. The summed E-state index contributed by atoms with van der Waals surface area (Å²) in [5.74, 6) is 0. The Kier molecular flexibility index (Phi) is 4.25. The highest BCUT2D eigenvalue weighted by Gasteiger charge is 2.19. The zero-order chi connectivity index (χ0) is 14.8. The van der Waals surface area contributed by atoms with Gasteiger partial charge in [-0.1, -0.05) is 17.7 Å². The first-order valence-corrected chi connectivity index (χ1v) is 7.93. The second kappa shape index (κ2) is 5.76. The Morgan fingerprint density at radius 3 is 2.40 bits per heavy atom. The van der Waals surface area contributed by atoms with Gasteiger partial charge in [0.15, 0.2) is 0 Å². The van der Waals surface area contributed by atoms with E-state index in [1.807, 2.05) is 39.0 Å². The molecule has 2 aromatic rings. The Balaban J connectivity index is 2.14. The SMILES string of the molecule is Cc1cc(C)c(S(=O)(=O)NCCn2cccn2)c(C)c1. The lowest BCUT2D eigenvalue weighted by Crippen LogP contribution is -2.28. The quantitative estimate of drug-likeness (QED) is 0.914. The van der Waals surface area contributed by atoms with Crippen molar-refractivity contribution < 1.29 is 8.42 Å². The molecule has 0 spiro atoms. The van der Waals surface area contributed by atoms with Gasteiger partial charge in [-0.3, -0.25) is 4.68 Å². The molecule has 0 fully saturated rings. The number of sulfonamides is 1. The van der Waals surface area contributed by atoms with Crippen LogP contribution in [0.4, 0.5) is 0 Å². The van der Waals surface area contributed by atoms with E-state index >= 15 is 0 Å². The van der Waals surface area contributed by atoms with Crippen LogP contribution in [-0.2, 0) is 16.6 Å². The lowest BCUT2D eigenvalue weighted by molar-refractivity contribution is 0.560. The van der Waals surface area contributed by atoms with Crippen molar-refractivity contribution in [3.63, 3.8) is 0 Å². The fourth-order valence-corrected chi connectivity index (χ4v) is 3.86. The third-order valence-corrected chi connectivity index (χ3v) is 4.83. The van der Waals surface area contributed by atoms with Crippen molar-refractivity contribution in [2.75, 3.05) is 6.54 Å². The number of aryl methyl sites for hydroxylation is 3. The van der Waals surface area contributed by atoms with Gasteiger partial charge in [0.05, 0.1) is 11.4 Å². The summed E-state index contributed by atoms with van der Waals surface area (Å²) in [6.07, 6.45) is 3.47. The van der Waals surface area contributed by atoms with E-state index in [4.69, 9.17) is 0 Å². The van der Waals surface area contributed by atoms with Gasteiger partial charge in [-0.25, -0.2) is 13.1 Å². The maximum Gasteiger partial charge on any atom is 0.241 e. The molecule has 5 nitrogen and oxygen atoms in total. The molecule has 0 bridgehead atoms. The minimum absolute atomic E-state index is 0.316. The molecule has 1 N–H and O–H groups in total. The predicted molar refractivity (Wildman–Crippen MR) is 78.1 cm³/mol. The minimum Gasteiger partial charge on any atom is -0.271 e.